The number of likely N-dealkylation sites (N-methyl/N-ethyl adjacent to an activating group) is 2. The predicted molar refractivity (Wildman–Crippen MR) is 92.2 cm³/mol. The molecule has 1 atom stereocenters. The van der Waals surface area contributed by atoms with Crippen LogP contribution in [0.1, 0.15) is 26.3 Å². The number of sulfonamides is 1. The molecule has 23 heavy (non-hydrogen) atoms. The molecule has 5 nitrogen and oxygen atoms in total. The molecule has 0 bridgehead atoms. The maximum Gasteiger partial charge on any atom is 0.242 e. The number of hydrogen-bond donors (Lipinski definition) is 0. The van der Waals surface area contributed by atoms with Gasteiger partial charge in [0.15, 0.2) is 0 Å². The molecule has 2 rings (SSSR count). The zero-order valence-electron chi connectivity index (χ0n) is 14.7. The molecule has 0 amide bonds. The van der Waals surface area contributed by atoms with Crippen LogP contribution in [0.2, 0.25) is 0 Å². The van der Waals surface area contributed by atoms with Crippen molar-refractivity contribution in [3.63, 3.8) is 0 Å². The van der Waals surface area contributed by atoms with Gasteiger partial charge in [0.1, 0.15) is 0 Å². The first-order valence-electron chi connectivity index (χ1n) is 7.98. The van der Waals surface area contributed by atoms with Gasteiger partial charge in [0.05, 0.1) is 17.6 Å². The molecule has 0 saturated carbocycles. The van der Waals surface area contributed by atoms with Gasteiger partial charge in [-0.3, -0.25) is 0 Å². The van der Waals surface area contributed by atoms with E-state index in [1.165, 1.54) is 4.31 Å². The standard InChI is InChI=1S/C17H28N2O3S/c1-17(2,3)14-6-8-16(9-7-14)23(20,21)19(5)13-15-12-18(4)10-11-22-15/h6-9,15H,10-13H2,1-5H3. The molecule has 1 fully saturated rings. The Bertz CT molecular complexity index is 620. The van der Waals surface area contributed by atoms with E-state index < -0.39 is 10.0 Å². The van der Waals surface area contributed by atoms with Crippen LogP contribution in [0.15, 0.2) is 29.2 Å². The molecule has 1 aromatic carbocycles. The van der Waals surface area contributed by atoms with Gasteiger partial charge in [-0.1, -0.05) is 32.9 Å². The average molecular weight is 340 g/mol. The van der Waals surface area contributed by atoms with Crippen molar-refractivity contribution < 1.29 is 13.2 Å². The number of benzene rings is 1. The fraction of sp³-hybridized carbons (Fsp3) is 0.647. The Labute approximate surface area is 140 Å². The number of ether oxygens (including phenoxy) is 1. The minimum absolute atomic E-state index is 0.00865. The summed E-state index contributed by atoms with van der Waals surface area (Å²) in [4.78, 5) is 2.49. The van der Waals surface area contributed by atoms with Gasteiger partial charge in [-0.25, -0.2) is 8.42 Å². The predicted octanol–water partition coefficient (Wildman–Crippen LogP) is 1.94. The van der Waals surface area contributed by atoms with E-state index >= 15 is 0 Å². The molecule has 1 unspecified atom stereocenters. The second kappa shape index (κ2) is 6.89. The van der Waals surface area contributed by atoms with Gasteiger partial charge in [-0.15, -0.1) is 0 Å². The second-order valence-electron chi connectivity index (χ2n) is 7.31. The highest BCUT2D eigenvalue weighted by Gasteiger charge is 2.27. The van der Waals surface area contributed by atoms with E-state index in [2.05, 4.69) is 25.7 Å². The topological polar surface area (TPSA) is 49.9 Å². The van der Waals surface area contributed by atoms with Crippen molar-refractivity contribution in [1.82, 2.24) is 9.21 Å². The third-order valence-electron chi connectivity index (χ3n) is 4.23. The van der Waals surface area contributed by atoms with Gasteiger partial charge in [-0.2, -0.15) is 4.31 Å². The number of nitrogens with zero attached hydrogens (tertiary/aromatic N) is 2. The first-order valence-corrected chi connectivity index (χ1v) is 9.42. The molecule has 6 heteroatoms. The smallest absolute Gasteiger partial charge is 0.242 e. The van der Waals surface area contributed by atoms with Crippen LogP contribution in [-0.4, -0.2) is 64.1 Å². The molecule has 1 aromatic rings. The van der Waals surface area contributed by atoms with Gasteiger partial charge in [0, 0.05) is 26.7 Å². The lowest BCUT2D eigenvalue weighted by Gasteiger charge is -2.32. The maximum absolute atomic E-state index is 12.7. The zero-order chi connectivity index (χ0) is 17.3. The Balaban J connectivity index is 2.10. The molecule has 0 spiro atoms. The molecule has 1 heterocycles. The SMILES string of the molecule is CN1CCOC(CN(C)S(=O)(=O)c2ccc(C(C)(C)C)cc2)C1. The summed E-state index contributed by atoms with van der Waals surface area (Å²) in [5.74, 6) is 0. The van der Waals surface area contributed by atoms with Crippen molar-refractivity contribution in [1.29, 1.82) is 0 Å². The van der Waals surface area contributed by atoms with Crippen molar-refractivity contribution >= 4 is 10.0 Å². The molecule has 1 aliphatic heterocycles. The summed E-state index contributed by atoms with van der Waals surface area (Å²) in [5, 5.41) is 0. The van der Waals surface area contributed by atoms with Crippen LogP contribution in [0.3, 0.4) is 0 Å². The van der Waals surface area contributed by atoms with Crippen LogP contribution in [0.5, 0.6) is 0 Å². The molecule has 1 aliphatic rings. The molecular formula is C17H28N2O3S. The van der Waals surface area contributed by atoms with Crippen molar-refractivity contribution in [2.75, 3.05) is 40.3 Å². The third-order valence-corrected chi connectivity index (χ3v) is 6.07. The van der Waals surface area contributed by atoms with Crippen LogP contribution in [0.4, 0.5) is 0 Å². The Morgan fingerprint density at radius 3 is 2.39 bits per heavy atom. The van der Waals surface area contributed by atoms with Gasteiger partial charge >= 0.3 is 0 Å². The van der Waals surface area contributed by atoms with Crippen molar-refractivity contribution in [3.05, 3.63) is 29.8 Å². The van der Waals surface area contributed by atoms with Crippen molar-refractivity contribution in [3.8, 4) is 0 Å². The highest BCUT2D eigenvalue weighted by Crippen LogP contribution is 2.24. The molecule has 0 N–H and O–H groups in total. The summed E-state index contributed by atoms with van der Waals surface area (Å²) < 4.78 is 32.5. The van der Waals surface area contributed by atoms with E-state index in [1.54, 1.807) is 19.2 Å². The fourth-order valence-electron chi connectivity index (χ4n) is 2.67. The second-order valence-corrected chi connectivity index (χ2v) is 9.36. The first-order chi connectivity index (χ1) is 10.6. The monoisotopic (exact) mass is 340 g/mol. The van der Waals surface area contributed by atoms with E-state index in [9.17, 15) is 8.42 Å². The number of morpholine rings is 1. The van der Waals surface area contributed by atoms with Crippen molar-refractivity contribution in [2.24, 2.45) is 0 Å². The van der Waals surface area contributed by atoms with Gasteiger partial charge < -0.3 is 9.64 Å². The zero-order valence-corrected chi connectivity index (χ0v) is 15.6. The van der Waals surface area contributed by atoms with Crippen LogP contribution in [-0.2, 0) is 20.2 Å². The highest BCUT2D eigenvalue weighted by molar-refractivity contribution is 7.89. The van der Waals surface area contributed by atoms with Crippen molar-refractivity contribution in [2.45, 2.75) is 37.2 Å². The van der Waals surface area contributed by atoms with E-state index in [0.717, 1.165) is 18.7 Å². The Morgan fingerprint density at radius 1 is 1.26 bits per heavy atom. The summed E-state index contributed by atoms with van der Waals surface area (Å²) in [6, 6.07) is 7.18. The Hall–Kier alpha value is -0.950. The fourth-order valence-corrected chi connectivity index (χ4v) is 3.87. The van der Waals surface area contributed by atoms with E-state index in [0.29, 0.717) is 18.0 Å². The quantitative estimate of drug-likeness (QED) is 0.840. The lowest BCUT2D eigenvalue weighted by Crippen LogP contribution is -2.46. The summed E-state index contributed by atoms with van der Waals surface area (Å²) in [6.45, 7) is 8.99. The highest BCUT2D eigenvalue weighted by atomic mass is 32.2. The summed E-state index contributed by atoms with van der Waals surface area (Å²) >= 11 is 0. The molecule has 0 radical (unpaired) electrons. The minimum Gasteiger partial charge on any atom is -0.374 e. The Kier molecular flexibility index (Phi) is 5.51. The third kappa shape index (κ3) is 4.53. The number of hydrogen-bond acceptors (Lipinski definition) is 4. The lowest BCUT2D eigenvalue weighted by molar-refractivity contribution is -0.0247. The lowest BCUT2D eigenvalue weighted by atomic mass is 9.87. The molecule has 0 aliphatic carbocycles. The Morgan fingerprint density at radius 2 is 1.87 bits per heavy atom. The molecule has 130 valence electrons. The molecular weight excluding hydrogens is 312 g/mol. The summed E-state index contributed by atoms with van der Waals surface area (Å²) in [6.07, 6.45) is -0.0811. The average Bonchev–Trinajstić information content (AvgIpc) is 2.46. The molecule has 0 aromatic heterocycles. The summed E-state index contributed by atoms with van der Waals surface area (Å²) in [7, 11) is 0.156. The normalized spacial score (nSPS) is 20.9. The van der Waals surface area contributed by atoms with Crippen LogP contribution >= 0.6 is 0 Å². The van der Waals surface area contributed by atoms with Gasteiger partial charge in [-0.05, 0) is 30.2 Å². The number of rotatable bonds is 4. The van der Waals surface area contributed by atoms with E-state index in [4.69, 9.17) is 4.74 Å². The molecule has 1 saturated heterocycles. The minimum atomic E-state index is -3.48. The largest absolute Gasteiger partial charge is 0.374 e. The maximum atomic E-state index is 12.7. The van der Waals surface area contributed by atoms with Gasteiger partial charge in [0.2, 0.25) is 10.0 Å². The van der Waals surface area contributed by atoms with Crippen LogP contribution < -0.4 is 0 Å². The van der Waals surface area contributed by atoms with E-state index in [-0.39, 0.29) is 11.5 Å². The van der Waals surface area contributed by atoms with E-state index in [1.807, 2.05) is 19.2 Å². The van der Waals surface area contributed by atoms with Crippen LogP contribution in [0.25, 0.3) is 0 Å². The van der Waals surface area contributed by atoms with Gasteiger partial charge in [0.25, 0.3) is 0 Å². The summed E-state index contributed by atoms with van der Waals surface area (Å²) in [5.41, 5.74) is 1.13. The van der Waals surface area contributed by atoms with Crippen LogP contribution in [0, 0.1) is 0 Å². The first kappa shape index (κ1) is 18.4.